The van der Waals surface area contributed by atoms with Crippen LogP contribution in [0.15, 0.2) is 59.4 Å². The first-order valence-corrected chi connectivity index (χ1v) is 7.91. The van der Waals surface area contributed by atoms with Crippen LogP contribution in [0.1, 0.15) is 6.92 Å². The zero-order valence-corrected chi connectivity index (χ0v) is 14.1. The van der Waals surface area contributed by atoms with Crippen molar-refractivity contribution in [2.45, 2.75) is 13.5 Å². The molecule has 2 N–H and O–H groups in total. The summed E-state index contributed by atoms with van der Waals surface area (Å²) in [5.74, 6) is 1.90. The molecule has 0 saturated heterocycles. The molecule has 0 atom stereocenters. The van der Waals surface area contributed by atoms with E-state index in [2.05, 4.69) is 5.10 Å². The van der Waals surface area contributed by atoms with Crippen LogP contribution >= 0.6 is 0 Å². The molecule has 0 radical (unpaired) electrons. The molecule has 0 saturated carbocycles. The normalized spacial score (nSPS) is 10.5. The first kappa shape index (κ1) is 16.6. The molecule has 3 aromatic rings. The Hall–Kier alpha value is -3.28. The summed E-state index contributed by atoms with van der Waals surface area (Å²) >= 11 is 0. The number of anilines is 1. The molecule has 1 aromatic heterocycles. The second-order valence-electron chi connectivity index (χ2n) is 5.39. The first-order valence-electron chi connectivity index (χ1n) is 7.91. The number of ether oxygens (including phenoxy) is 2. The number of nitrogens with two attached hydrogens (primary N) is 1. The average molecular weight is 337 g/mol. The Balaban J connectivity index is 1.97. The van der Waals surface area contributed by atoms with Crippen molar-refractivity contribution < 1.29 is 9.47 Å². The van der Waals surface area contributed by atoms with Crippen LogP contribution in [0, 0.1) is 0 Å². The molecule has 3 rings (SSSR count). The van der Waals surface area contributed by atoms with Crippen LogP contribution < -0.4 is 20.8 Å². The standard InChI is InChI=1S/C19H19N3O3/c1-3-22-19(23)15(20)12-16(21-22)13-7-6-8-14(11-13)25-18-10-5-4-9-17(18)24-2/h4-12H,3,20H2,1-2H3. The molecule has 0 aliphatic heterocycles. The topological polar surface area (TPSA) is 79.4 Å². The predicted octanol–water partition coefficient (Wildman–Crippen LogP) is 3.31. The molecule has 0 amide bonds. The van der Waals surface area contributed by atoms with Crippen molar-refractivity contribution in [1.29, 1.82) is 0 Å². The highest BCUT2D eigenvalue weighted by molar-refractivity contribution is 5.64. The largest absolute Gasteiger partial charge is 0.493 e. The summed E-state index contributed by atoms with van der Waals surface area (Å²) in [6, 6.07) is 16.4. The molecule has 2 aromatic carbocycles. The van der Waals surface area contributed by atoms with Gasteiger partial charge < -0.3 is 15.2 Å². The number of nitrogens with zero attached hydrogens (tertiary/aromatic N) is 2. The fourth-order valence-corrected chi connectivity index (χ4v) is 2.47. The van der Waals surface area contributed by atoms with Gasteiger partial charge in [0.25, 0.3) is 5.56 Å². The van der Waals surface area contributed by atoms with Gasteiger partial charge in [-0.3, -0.25) is 4.79 Å². The molecule has 0 bridgehead atoms. The zero-order chi connectivity index (χ0) is 17.8. The SMILES string of the molecule is CCn1nc(-c2cccc(Oc3ccccc3OC)c2)cc(N)c1=O. The summed E-state index contributed by atoms with van der Waals surface area (Å²) in [5.41, 5.74) is 7.12. The van der Waals surface area contributed by atoms with E-state index >= 15 is 0 Å². The van der Waals surface area contributed by atoms with Crippen molar-refractivity contribution in [3.05, 3.63) is 65.0 Å². The number of nitrogen functional groups attached to an aromatic ring is 1. The maximum Gasteiger partial charge on any atom is 0.289 e. The van der Waals surface area contributed by atoms with Gasteiger partial charge in [-0.2, -0.15) is 5.10 Å². The van der Waals surface area contributed by atoms with Crippen LogP contribution in [-0.2, 0) is 6.54 Å². The van der Waals surface area contributed by atoms with Gasteiger partial charge in [0.15, 0.2) is 11.5 Å². The Bertz CT molecular complexity index is 951. The van der Waals surface area contributed by atoms with Crippen molar-refractivity contribution in [3.63, 3.8) is 0 Å². The lowest BCUT2D eigenvalue weighted by Crippen LogP contribution is -2.24. The Morgan fingerprint density at radius 3 is 2.56 bits per heavy atom. The lowest BCUT2D eigenvalue weighted by atomic mass is 10.1. The van der Waals surface area contributed by atoms with Gasteiger partial charge in [-0.05, 0) is 37.3 Å². The fourth-order valence-electron chi connectivity index (χ4n) is 2.47. The third kappa shape index (κ3) is 3.47. The number of methoxy groups -OCH3 is 1. The van der Waals surface area contributed by atoms with E-state index in [-0.39, 0.29) is 11.2 Å². The van der Waals surface area contributed by atoms with Crippen molar-refractivity contribution in [3.8, 4) is 28.5 Å². The summed E-state index contributed by atoms with van der Waals surface area (Å²) in [6.07, 6.45) is 0. The van der Waals surface area contributed by atoms with E-state index in [0.717, 1.165) is 5.56 Å². The van der Waals surface area contributed by atoms with Crippen molar-refractivity contribution in [1.82, 2.24) is 9.78 Å². The van der Waals surface area contributed by atoms with E-state index in [1.165, 1.54) is 4.68 Å². The number of benzene rings is 2. The van der Waals surface area contributed by atoms with E-state index in [4.69, 9.17) is 15.2 Å². The minimum absolute atomic E-state index is 0.169. The van der Waals surface area contributed by atoms with Gasteiger partial charge in [-0.1, -0.05) is 24.3 Å². The molecule has 6 heteroatoms. The molecule has 1 heterocycles. The summed E-state index contributed by atoms with van der Waals surface area (Å²) in [7, 11) is 1.60. The summed E-state index contributed by atoms with van der Waals surface area (Å²) < 4.78 is 12.6. The highest BCUT2D eigenvalue weighted by atomic mass is 16.5. The van der Waals surface area contributed by atoms with Crippen LogP contribution in [0.4, 0.5) is 5.69 Å². The molecule has 25 heavy (non-hydrogen) atoms. The van der Waals surface area contributed by atoms with Gasteiger partial charge >= 0.3 is 0 Å². The summed E-state index contributed by atoms with van der Waals surface area (Å²) in [4.78, 5) is 11.9. The van der Waals surface area contributed by atoms with Crippen molar-refractivity contribution in [2.75, 3.05) is 12.8 Å². The lowest BCUT2D eigenvalue weighted by molar-refractivity contribution is 0.379. The first-order chi connectivity index (χ1) is 12.1. The second kappa shape index (κ2) is 7.09. The molecule has 0 aliphatic rings. The van der Waals surface area contributed by atoms with E-state index in [9.17, 15) is 4.79 Å². The van der Waals surface area contributed by atoms with Gasteiger partial charge in [-0.25, -0.2) is 4.68 Å². The van der Waals surface area contributed by atoms with E-state index in [1.54, 1.807) is 13.2 Å². The maximum absolute atomic E-state index is 11.9. The van der Waals surface area contributed by atoms with Crippen LogP contribution in [-0.4, -0.2) is 16.9 Å². The van der Waals surface area contributed by atoms with Crippen LogP contribution in [0.3, 0.4) is 0 Å². The summed E-state index contributed by atoms with van der Waals surface area (Å²) in [6.45, 7) is 2.30. The van der Waals surface area contributed by atoms with E-state index in [1.807, 2.05) is 55.5 Å². The molecule has 128 valence electrons. The number of hydrogen-bond donors (Lipinski definition) is 1. The molecular weight excluding hydrogens is 318 g/mol. The molecular formula is C19H19N3O3. The van der Waals surface area contributed by atoms with Gasteiger partial charge in [0.1, 0.15) is 11.4 Å². The number of para-hydroxylation sites is 2. The van der Waals surface area contributed by atoms with Gasteiger partial charge in [-0.15, -0.1) is 0 Å². The summed E-state index contributed by atoms with van der Waals surface area (Å²) in [5, 5.41) is 4.35. The van der Waals surface area contributed by atoms with Crippen LogP contribution in [0.5, 0.6) is 17.2 Å². The maximum atomic E-state index is 11.9. The third-order valence-electron chi connectivity index (χ3n) is 3.73. The number of hydrogen-bond acceptors (Lipinski definition) is 5. The highest BCUT2D eigenvalue weighted by Gasteiger charge is 2.09. The molecule has 0 fully saturated rings. The lowest BCUT2D eigenvalue weighted by Gasteiger charge is -2.11. The quantitative estimate of drug-likeness (QED) is 0.772. The zero-order valence-electron chi connectivity index (χ0n) is 14.1. The monoisotopic (exact) mass is 337 g/mol. The second-order valence-corrected chi connectivity index (χ2v) is 5.39. The number of rotatable bonds is 5. The van der Waals surface area contributed by atoms with Crippen LogP contribution in [0.2, 0.25) is 0 Å². The highest BCUT2D eigenvalue weighted by Crippen LogP contribution is 2.32. The minimum Gasteiger partial charge on any atom is -0.493 e. The fraction of sp³-hybridized carbons (Fsp3) is 0.158. The Morgan fingerprint density at radius 2 is 1.84 bits per heavy atom. The Morgan fingerprint density at radius 1 is 1.08 bits per heavy atom. The predicted molar refractivity (Wildman–Crippen MR) is 97.1 cm³/mol. The molecule has 6 nitrogen and oxygen atoms in total. The van der Waals surface area contributed by atoms with E-state index < -0.39 is 0 Å². The number of aromatic nitrogens is 2. The number of aryl methyl sites for hydroxylation is 1. The van der Waals surface area contributed by atoms with E-state index in [0.29, 0.717) is 29.5 Å². The van der Waals surface area contributed by atoms with Crippen LogP contribution in [0.25, 0.3) is 11.3 Å². The Labute approximate surface area is 145 Å². The molecule has 0 spiro atoms. The Kier molecular flexibility index (Phi) is 4.70. The van der Waals surface area contributed by atoms with Gasteiger partial charge in [0.2, 0.25) is 0 Å². The molecule has 0 unspecified atom stereocenters. The molecule has 0 aliphatic carbocycles. The van der Waals surface area contributed by atoms with Crippen molar-refractivity contribution >= 4 is 5.69 Å². The van der Waals surface area contributed by atoms with Gasteiger partial charge in [0.05, 0.1) is 12.8 Å². The van der Waals surface area contributed by atoms with Crippen molar-refractivity contribution in [2.24, 2.45) is 0 Å². The average Bonchev–Trinajstić information content (AvgIpc) is 2.64. The minimum atomic E-state index is -0.285. The third-order valence-corrected chi connectivity index (χ3v) is 3.73. The smallest absolute Gasteiger partial charge is 0.289 e. The van der Waals surface area contributed by atoms with Gasteiger partial charge in [0, 0.05) is 12.1 Å².